The van der Waals surface area contributed by atoms with E-state index >= 15 is 0 Å². The van der Waals surface area contributed by atoms with Gasteiger partial charge in [0.05, 0.1) is 30.3 Å². The van der Waals surface area contributed by atoms with E-state index in [0.29, 0.717) is 38.6 Å². The molecule has 1 amide bonds. The van der Waals surface area contributed by atoms with Crippen LogP contribution in [0.15, 0.2) is 72.8 Å². The zero-order valence-corrected chi connectivity index (χ0v) is 25.9. The molecule has 236 valence electrons. The largest absolute Gasteiger partial charge is 0.465 e. The number of carbonyl (C=O) groups is 1. The van der Waals surface area contributed by atoms with Crippen molar-refractivity contribution in [3.05, 3.63) is 89.6 Å². The summed E-state index contributed by atoms with van der Waals surface area (Å²) in [5.41, 5.74) is 8.87. The SMILES string of the molecule is N#CC[C@@]1(Cc2ccccc2)CN(c2nc(OC3(CN)CCC3)nc3c2CCN(c2cccc4ccccc24)C3)CCN1C(=O)O. The number of fused-ring (bicyclic) bond motifs is 2. The minimum atomic E-state index is -1.01. The Balaban J connectivity index is 1.29. The Labute approximate surface area is 269 Å². The molecular weight excluding hydrogens is 578 g/mol. The fraction of sp³-hybridized carbons (Fsp3) is 0.389. The number of rotatable bonds is 8. The first-order valence-corrected chi connectivity index (χ1v) is 16.1. The highest BCUT2D eigenvalue weighted by Crippen LogP contribution is 2.39. The number of piperazine rings is 1. The van der Waals surface area contributed by atoms with Gasteiger partial charge in [-0.25, -0.2) is 4.79 Å². The number of hydrogen-bond donors (Lipinski definition) is 2. The first-order valence-electron chi connectivity index (χ1n) is 16.1. The smallest absolute Gasteiger partial charge is 0.407 e. The van der Waals surface area contributed by atoms with Crippen molar-refractivity contribution in [2.24, 2.45) is 5.73 Å². The minimum Gasteiger partial charge on any atom is -0.465 e. The lowest BCUT2D eigenvalue weighted by Gasteiger charge is -2.49. The van der Waals surface area contributed by atoms with Crippen molar-refractivity contribution >= 4 is 28.4 Å². The fourth-order valence-corrected chi connectivity index (χ4v) is 7.44. The molecule has 0 spiro atoms. The number of hydrogen-bond acceptors (Lipinski definition) is 8. The van der Waals surface area contributed by atoms with Gasteiger partial charge < -0.3 is 25.4 Å². The summed E-state index contributed by atoms with van der Waals surface area (Å²) in [4.78, 5) is 28.6. The van der Waals surface area contributed by atoms with Crippen molar-refractivity contribution in [2.45, 2.75) is 56.2 Å². The molecule has 1 saturated heterocycles. The quantitative estimate of drug-likeness (QED) is 0.276. The molecule has 46 heavy (non-hydrogen) atoms. The van der Waals surface area contributed by atoms with Crippen LogP contribution < -0.4 is 20.3 Å². The van der Waals surface area contributed by atoms with Gasteiger partial charge in [-0.3, -0.25) is 4.90 Å². The summed E-state index contributed by atoms with van der Waals surface area (Å²) in [6.07, 6.45) is 2.97. The van der Waals surface area contributed by atoms with Gasteiger partial charge in [0.1, 0.15) is 11.4 Å². The summed E-state index contributed by atoms with van der Waals surface area (Å²) < 4.78 is 6.50. The standard InChI is InChI=1S/C36H39N7O3/c37-18-17-35(22-26-8-2-1-3-9-26)25-42(20-21-43(35)34(44)45)32-29-14-19-41(31-13-6-11-27-10-4-5-12-28(27)31)23-30(29)39-33(40-32)46-36(24-38)15-7-16-36/h1-6,8-13H,7,14-17,19-25,38H2,(H,44,45)/t35-/m1/s1. The van der Waals surface area contributed by atoms with Gasteiger partial charge in [-0.05, 0) is 49.1 Å². The molecule has 1 atom stereocenters. The molecular formula is C36H39N7O3. The van der Waals surface area contributed by atoms with Crippen LogP contribution >= 0.6 is 0 Å². The van der Waals surface area contributed by atoms with Gasteiger partial charge >= 0.3 is 12.1 Å². The van der Waals surface area contributed by atoms with Crippen molar-refractivity contribution < 1.29 is 14.6 Å². The zero-order valence-electron chi connectivity index (χ0n) is 25.9. The van der Waals surface area contributed by atoms with Crippen molar-refractivity contribution in [1.82, 2.24) is 14.9 Å². The first kappa shape index (κ1) is 29.8. The summed E-state index contributed by atoms with van der Waals surface area (Å²) >= 11 is 0. The normalized spacial score (nSPS) is 20.5. The summed E-state index contributed by atoms with van der Waals surface area (Å²) in [6, 6.07) is 27.2. The lowest BCUT2D eigenvalue weighted by Crippen LogP contribution is -2.65. The van der Waals surface area contributed by atoms with Crippen LogP contribution in [0.3, 0.4) is 0 Å². The van der Waals surface area contributed by atoms with Gasteiger partial charge in [-0.1, -0.05) is 66.7 Å². The predicted octanol–water partition coefficient (Wildman–Crippen LogP) is 5.15. The average Bonchev–Trinajstić information content (AvgIpc) is 3.06. The van der Waals surface area contributed by atoms with E-state index in [1.165, 1.54) is 15.7 Å². The van der Waals surface area contributed by atoms with Gasteiger partial charge in [0.25, 0.3) is 0 Å². The van der Waals surface area contributed by atoms with E-state index in [9.17, 15) is 15.2 Å². The fourth-order valence-electron chi connectivity index (χ4n) is 7.44. The molecule has 3 heterocycles. The van der Waals surface area contributed by atoms with E-state index < -0.39 is 17.2 Å². The number of aromatic nitrogens is 2. The highest BCUT2D eigenvalue weighted by molar-refractivity contribution is 5.94. The van der Waals surface area contributed by atoms with Crippen molar-refractivity contribution in [2.75, 3.05) is 42.5 Å². The number of anilines is 2. The minimum absolute atomic E-state index is 0.0620. The third-order valence-electron chi connectivity index (χ3n) is 10.0. The molecule has 4 aromatic rings. The van der Waals surface area contributed by atoms with Crippen LogP contribution in [0.4, 0.5) is 16.3 Å². The molecule has 0 bridgehead atoms. The van der Waals surface area contributed by atoms with Gasteiger partial charge in [-0.2, -0.15) is 15.2 Å². The average molecular weight is 618 g/mol. The van der Waals surface area contributed by atoms with Gasteiger partial charge in [0.2, 0.25) is 0 Å². The number of benzene rings is 3. The molecule has 2 fully saturated rings. The summed E-state index contributed by atoms with van der Waals surface area (Å²) in [7, 11) is 0. The second kappa shape index (κ2) is 12.1. The van der Waals surface area contributed by atoms with Crippen LogP contribution in [0.5, 0.6) is 6.01 Å². The molecule has 3 aliphatic rings. The van der Waals surface area contributed by atoms with E-state index in [2.05, 4.69) is 58.3 Å². The molecule has 3 aromatic carbocycles. The topological polar surface area (TPSA) is 132 Å². The van der Waals surface area contributed by atoms with E-state index in [1.807, 2.05) is 30.3 Å². The Hall–Kier alpha value is -4.88. The van der Waals surface area contributed by atoms with Crippen LogP contribution in [0.2, 0.25) is 0 Å². The van der Waals surface area contributed by atoms with Crippen LogP contribution in [-0.4, -0.2) is 69.9 Å². The molecule has 1 saturated carbocycles. The number of ether oxygens (including phenoxy) is 1. The summed E-state index contributed by atoms with van der Waals surface area (Å²) in [5, 5.41) is 22.7. The monoisotopic (exact) mass is 617 g/mol. The number of nitriles is 1. The Bertz CT molecular complexity index is 1780. The molecule has 10 heteroatoms. The van der Waals surface area contributed by atoms with E-state index in [0.717, 1.165) is 60.6 Å². The lowest BCUT2D eigenvalue weighted by atomic mass is 9.80. The molecule has 0 radical (unpaired) electrons. The summed E-state index contributed by atoms with van der Waals surface area (Å²) in [6.45, 7) is 2.81. The van der Waals surface area contributed by atoms with Crippen molar-refractivity contribution in [1.29, 1.82) is 5.26 Å². The van der Waals surface area contributed by atoms with Crippen LogP contribution in [0.25, 0.3) is 10.8 Å². The van der Waals surface area contributed by atoms with E-state index in [-0.39, 0.29) is 13.0 Å². The second-order valence-electron chi connectivity index (χ2n) is 12.8. The van der Waals surface area contributed by atoms with E-state index in [1.54, 1.807) is 0 Å². The molecule has 1 aliphatic carbocycles. The Kier molecular flexibility index (Phi) is 7.87. The highest BCUT2D eigenvalue weighted by Gasteiger charge is 2.46. The first-order chi connectivity index (χ1) is 22.4. The zero-order chi connectivity index (χ0) is 31.7. The maximum absolute atomic E-state index is 12.6. The van der Waals surface area contributed by atoms with E-state index in [4.69, 9.17) is 20.4 Å². The Morgan fingerprint density at radius 1 is 0.978 bits per heavy atom. The predicted molar refractivity (Wildman–Crippen MR) is 177 cm³/mol. The lowest BCUT2D eigenvalue weighted by molar-refractivity contribution is -0.00666. The molecule has 10 nitrogen and oxygen atoms in total. The maximum Gasteiger partial charge on any atom is 0.407 e. The Morgan fingerprint density at radius 2 is 1.76 bits per heavy atom. The number of nitrogens with two attached hydrogens (primary N) is 1. The van der Waals surface area contributed by atoms with Crippen molar-refractivity contribution in [3.63, 3.8) is 0 Å². The maximum atomic E-state index is 12.6. The van der Waals surface area contributed by atoms with Gasteiger partial charge in [0.15, 0.2) is 0 Å². The summed E-state index contributed by atoms with van der Waals surface area (Å²) in [5.74, 6) is 0.768. The Morgan fingerprint density at radius 3 is 2.50 bits per heavy atom. The molecule has 0 unspecified atom stereocenters. The van der Waals surface area contributed by atoms with Crippen molar-refractivity contribution in [3.8, 4) is 12.1 Å². The van der Waals surface area contributed by atoms with Gasteiger partial charge in [0, 0.05) is 49.4 Å². The second-order valence-corrected chi connectivity index (χ2v) is 12.8. The van der Waals surface area contributed by atoms with Gasteiger partial charge in [-0.15, -0.1) is 0 Å². The van der Waals surface area contributed by atoms with Crippen LogP contribution in [0, 0.1) is 11.3 Å². The number of amides is 1. The third-order valence-corrected chi connectivity index (χ3v) is 10.0. The molecule has 3 N–H and O–H groups in total. The number of nitrogens with zero attached hydrogens (tertiary/aromatic N) is 6. The van der Waals surface area contributed by atoms with Crippen LogP contribution in [-0.2, 0) is 19.4 Å². The highest BCUT2D eigenvalue weighted by atomic mass is 16.5. The third kappa shape index (κ3) is 5.45. The van der Waals surface area contributed by atoms with Crippen LogP contribution in [0.1, 0.15) is 42.5 Å². The molecule has 1 aromatic heterocycles. The molecule has 2 aliphatic heterocycles. The molecule has 7 rings (SSSR count). The number of carboxylic acid groups (broad SMARTS) is 1.